The second kappa shape index (κ2) is 12.1. The lowest BCUT2D eigenvalue weighted by molar-refractivity contribution is -0.139. The number of methoxy groups -OCH3 is 2. The molecule has 224 valence electrons. The third kappa shape index (κ3) is 5.51. The number of rotatable bonds is 10. The molecule has 0 saturated carbocycles. The number of hydrogen-bond acceptors (Lipinski definition) is 10. The highest BCUT2D eigenvalue weighted by atomic mass is 32.3. The standard InChI is InChI=1S/C28H27F2N7O5S/c1-41-22-9-7-20(36-37-22)25-16(10-11-32-13-23(38)42-2)24-26(39)34-28(40)35-27(24)43(25,15-6-8-21(31)33-12-15)14-17-18(29)4-3-5-19(17)30/h3-9,12,32H,10-11,13-14H2,1-2H3,(H2,31,33)(H2,34,35,39,40). The first kappa shape index (κ1) is 29.6. The summed E-state index contributed by atoms with van der Waals surface area (Å²) in [4.78, 5) is 48.2. The number of carbonyl (C=O) groups is 1. The van der Waals surface area contributed by atoms with E-state index >= 15 is 8.78 Å². The summed E-state index contributed by atoms with van der Waals surface area (Å²) in [6.45, 7) is 0.0930. The topological polar surface area (TPSA) is 178 Å². The summed E-state index contributed by atoms with van der Waals surface area (Å²) >= 11 is 0. The Balaban J connectivity index is 1.86. The number of nitrogen functional groups attached to an aromatic ring is 1. The number of halogens is 2. The van der Waals surface area contributed by atoms with Crippen molar-refractivity contribution in [3.05, 3.63) is 98.0 Å². The van der Waals surface area contributed by atoms with Crippen LogP contribution in [0.2, 0.25) is 0 Å². The molecule has 1 atom stereocenters. The fourth-order valence-electron chi connectivity index (χ4n) is 4.97. The minimum atomic E-state index is -2.94. The van der Waals surface area contributed by atoms with Crippen LogP contribution >= 0.6 is 10.0 Å². The number of esters is 1. The van der Waals surface area contributed by atoms with Crippen molar-refractivity contribution < 1.29 is 23.0 Å². The first-order valence-corrected chi connectivity index (χ1v) is 14.7. The number of nitrogens with zero attached hydrogens (tertiary/aromatic N) is 3. The summed E-state index contributed by atoms with van der Waals surface area (Å²) < 4.78 is 40.6. The van der Waals surface area contributed by atoms with Crippen LogP contribution in [0.25, 0.3) is 10.5 Å². The predicted octanol–water partition coefficient (Wildman–Crippen LogP) is 2.57. The van der Waals surface area contributed by atoms with Gasteiger partial charge in [-0.15, -0.1) is 20.2 Å². The van der Waals surface area contributed by atoms with Gasteiger partial charge in [0.1, 0.15) is 17.5 Å². The number of pyridine rings is 1. The third-order valence-electron chi connectivity index (χ3n) is 6.90. The van der Waals surface area contributed by atoms with Crippen molar-refractivity contribution in [3.8, 4) is 5.88 Å². The number of hydrogen-bond donors (Lipinski definition) is 4. The van der Waals surface area contributed by atoms with Crippen LogP contribution in [0.1, 0.15) is 23.2 Å². The lowest BCUT2D eigenvalue weighted by atomic mass is 10.0. The average molecular weight is 612 g/mol. The number of aromatic amines is 2. The highest BCUT2D eigenvalue weighted by Crippen LogP contribution is 2.77. The van der Waals surface area contributed by atoms with Gasteiger partial charge in [-0.3, -0.25) is 14.6 Å². The second-order valence-corrected chi connectivity index (χ2v) is 12.4. The van der Waals surface area contributed by atoms with Crippen LogP contribution < -0.4 is 27.0 Å². The molecule has 0 bridgehead atoms. The molecule has 5 N–H and O–H groups in total. The molecule has 0 saturated heterocycles. The van der Waals surface area contributed by atoms with Crippen LogP contribution in [-0.2, 0) is 15.3 Å². The van der Waals surface area contributed by atoms with E-state index in [4.69, 9.17) is 15.2 Å². The summed E-state index contributed by atoms with van der Waals surface area (Å²) in [5.74, 6) is -2.01. The van der Waals surface area contributed by atoms with Gasteiger partial charge in [0.05, 0.1) is 37.0 Å². The maximum absolute atomic E-state index is 15.4. The second-order valence-electron chi connectivity index (χ2n) is 9.39. The number of fused-ring (bicyclic) bond motifs is 1. The van der Waals surface area contributed by atoms with Crippen molar-refractivity contribution >= 4 is 32.3 Å². The number of H-pyrrole nitrogens is 2. The summed E-state index contributed by atoms with van der Waals surface area (Å²) in [6, 6.07) is 9.88. The molecule has 5 rings (SSSR count). The van der Waals surface area contributed by atoms with Gasteiger partial charge in [-0.25, -0.2) is 18.6 Å². The minimum Gasteiger partial charge on any atom is -0.480 e. The van der Waals surface area contributed by atoms with Gasteiger partial charge in [-0.2, -0.15) is 0 Å². The van der Waals surface area contributed by atoms with E-state index in [-0.39, 0.29) is 58.8 Å². The fraction of sp³-hybridized carbons (Fsp3) is 0.214. The Hall–Kier alpha value is -4.89. The van der Waals surface area contributed by atoms with Crippen molar-refractivity contribution in [3.63, 3.8) is 0 Å². The molecule has 0 aliphatic carbocycles. The zero-order valence-corrected chi connectivity index (χ0v) is 23.9. The summed E-state index contributed by atoms with van der Waals surface area (Å²) in [6.07, 6.45) is 1.61. The number of nitrogens with two attached hydrogens (primary N) is 1. The number of aromatic nitrogens is 5. The molecule has 1 unspecified atom stereocenters. The Bertz CT molecular complexity index is 1810. The summed E-state index contributed by atoms with van der Waals surface area (Å²) in [7, 11) is -0.252. The Morgan fingerprint density at radius 3 is 2.44 bits per heavy atom. The molecule has 4 aromatic rings. The van der Waals surface area contributed by atoms with Gasteiger partial charge in [0.2, 0.25) is 5.88 Å². The quantitative estimate of drug-likeness (QED) is 0.118. The van der Waals surface area contributed by atoms with E-state index < -0.39 is 38.9 Å². The van der Waals surface area contributed by atoms with E-state index in [1.54, 1.807) is 18.2 Å². The Morgan fingerprint density at radius 1 is 1.05 bits per heavy atom. The molecule has 0 spiro atoms. The first-order chi connectivity index (χ1) is 20.7. The molecule has 1 aliphatic rings. The van der Waals surface area contributed by atoms with Crippen LogP contribution in [0.5, 0.6) is 5.88 Å². The zero-order chi connectivity index (χ0) is 30.7. The number of nitrogens with one attached hydrogen (secondary N) is 3. The average Bonchev–Trinajstić information content (AvgIpc) is 3.27. The summed E-state index contributed by atoms with van der Waals surface area (Å²) in [5.41, 5.74) is 4.98. The van der Waals surface area contributed by atoms with Gasteiger partial charge < -0.3 is 25.5 Å². The van der Waals surface area contributed by atoms with Crippen LogP contribution in [0.15, 0.2) is 68.2 Å². The van der Waals surface area contributed by atoms with Gasteiger partial charge in [-0.05, 0) is 48.9 Å². The lowest BCUT2D eigenvalue weighted by Crippen LogP contribution is -2.28. The van der Waals surface area contributed by atoms with Crippen molar-refractivity contribution in [1.82, 2.24) is 30.5 Å². The van der Waals surface area contributed by atoms with Crippen molar-refractivity contribution in [2.45, 2.75) is 22.1 Å². The molecular formula is C28H27F2N7O5S. The van der Waals surface area contributed by atoms with E-state index in [9.17, 15) is 14.4 Å². The Morgan fingerprint density at radius 2 is 1.81 bits per heavy atom. The Kier molecular flexibility index (Phi) is 8.36. The van der Waals surface area contributed by atoms with Crippen molar-refractivity contribution in [2.75, 3.05) is 33.0 Å². The Labute approximate surface area is 244 Å². The van der Waals surface area contributed by atoms with Crippen LogP contribution in [-0.4, -0.2) is 58.4 Å². The molecule has 4 heterocycles. The molecule has 12 nitrogen and oxygen atoms in total. The van der Waals surface area contributed by atoms with Gasteiger partial charge >= 0.3 is 11.7 Å². The molecule has 0 amide bonds. The number of carbonyl (C=O) groups excluding carboxylic acids is 1. The van der Waals surface area contributed by atoms with Crippen molar-refractivity contribution in [1.29, 1.82) is 0 Å². The molecule has 0 fully saturated rings. The number of benzene rings is 1. The zero-order valence-electron chi connectivity index (χ0n) is 23.1. The molecule has 1 aromatic carbocycles. The lowest BCUT2D eigenvalue weighted by Gasteiger charge is -2.39. The normalized spacial score (nSPS) is 17.3. The van der Waals surface area contributed by atoms with Gasteiger partial charge in [-0.1, -0.05) is 6.07 Å². The van der Waals surface area contributed by atoms with Gasteiger partial charge in [0, 0.05) is 33.4 Å². The molecule has 1 aliphatic heterocycles. The molecule has 0 radical (unpaired) electrons. The maximum Gasteiger partial charge on any atom is 0.326 e. The molecule has 3 aromatic heterocycles. The molecule has 15 heteroatoms. The van der Waals surface area contributed by atoms with Gasteiger partial charge in [0.15, 0.2) is 0 Å². The van der Waals surface area contributed by atoms with E-state index in [0.29, 0.717) is 15.4 Å². The molecule has 43 heavy (non-hydrogen) atoms. The third-order valence-corrected chi connectivity index (χ3v) is 10.8. The SMILES string of the molecule is COC(=O)CNCCC1=C(c2ccc(OC)nn2)S(Cc2c(F)cccc2F)(c2ccc(N)nc2)c2[nH]c(=O)[nH]c(=O)c21. The minimum absolute atomic E-state index is 0.101. The van der Waals surface area contributed by atoms with E-state index in [1.807, 2.05) is 0 Å². The predicted molar refractivity (Wildman–Crippen MR) is 155 cm³/mol. The number of anilines is 1. The van der Waals surface area contributed by atoms with Crippen LogP contribution in [0.3, 0.4) is 0 Å². The first-order valence-electron chi connectivity index (χ1n) is 12.9. The van der Waals surface area contributed by atoms with Crippen molar-refractivity contribution in [2.24, 2.45) is 0 Å². The maximum atomic E-state index is 15.4. The molecular weight excluding hydrogens is 584 g/mol. The van der Waals surface area contributed by atoms with E-state index in [0.717, 1.165) is 12.1 Å². The van der Waals surface area contributed by atoms with Crippen LogP contribution in [0, 0.1) is 11.6 Å². The van der Waals surface area contributed by atoms with Gasteiger partial charge in [0.25, 0.3) is 5.56 Å². The largest absolute Gasteiger partial charge is 0.480 e. The highest BCUT2D eigenvalue weighted by Gasteiger charge is 2.47. The monoisotopic (exact) mass is 611 g/mol. The summed E-state index contributed by atoms with van der Waals surface area (Å²) in [5, 5.41) is 11.6. The van der Waals surface area contributed by atoms with Crippen LogP contribution in [0.4, 0.5) is 14.6 Å². The fourth-order valence-corrected chi connectivity index (χ4v) is 9.27. The smallest absolute Gasteiger partial charge is 0.326 e. The van der Waals surface area contributed by atoms with E-state index in [2.05, 4.69) is 30.5 Å². The highest BCUT2D eigenvalue weighted by molar-refractivity contribution is 8.40. The van der Waals surface area contributed by atoms with E-state index in [1.165, 1.54) is 32.5 Å². The number of ether oxygens (including phenoxy) is 2.